The smallest absolute Gasteiger partial charge is 0.310 e. The van der Waals surface area contributed by atoms with E-state index in [9.17, 15) is 4.79 Å². The molecule has 1 heterocycles. The second kappa shape index (κ2) is 5.43. The maximum absolute atomic E-state index is 11.9. The summed E-state index contributed by atoms with van der Waals surface area (Å²) in [6, 6.07) is 18.6. The maximum atomic E-state index is 11.9. The molecule has 3 heteroatoms. The van der Waals surface area contributed by atoms with Crippen molar-refractivity contribution in [3.8, 4) is 0 Å². The number of carbonyl (C=O) groups is 1. The van der Waals surface area contributed by atoms with Crippen LogP contribution in [-0.2, 0) is 16.0 Å². The van der Waals surface area contributed by atoms with Gasteiger partial charge in [-0.05, 0) is 23.9 Å². The molecule has 0 unspecified atom stereocenters. The van der Waals surface area contributed by atoms with E-state index >= 15 is 0 Å². The highest BCUT2D eigenvalue weighted by Crippen LogP contribution is 2.33. The summed E-state index contributed by atoms with van der Waals surface area (Å²) >= 11 is 0. The molecule has 4 rings (SSSR count). The molecular formula is C20H17NO2. The van der Waals surface area contributed by atoms with E-state index in [0.717, 1.165) is 27.4 Å². The number of fused-ring (bicyclic) bond motifs is 5. The first-order valence-electron chi connectivity index (χ1n) is 7.84. The topological polar surface area (TPSA) is 42.1 Å². The predicted octanol–water partition coefficient (Wildman–Crippen LogP) is 4.58. The van der Waals surface area contributed by atoms with Crippen molar-refractivity contribution >= 4 is 38.5 Å². The molecule has 1 N–H and O–H groups in total. The molecule has 0 atom stereocenters. The minimum atomic E-state index is -0.187. The fourth-order valence-corrected chi connectivity index (χ4v) is 3.29. The van der Waals surface area contributed by atoms with Crippen molar-refractivity contribution in [1.29, 1.82) is 0 Å². The number of para-hydroxylation sites is 1. The Bertz CT molecular complexity index is 1030. The van der Waals surface area contributed by atoms with Gasteiger partial charge in [-0.3, -0.25) is 4.79 Å². The zero-order valence-electron chi connectivity index (χ0n) is 12.9. The van der Waals surface area contributed by atoms with Crippen LogP contribution in [0.2, 0.25) is 0 Å². The molecule has 0 radical (unpaired) electrons. The number of benzene rings is 3. The SMILES string of the molecule is CCOC(=O)Cc1cccc2ccc3c4ccccc4[nH]c3c12. The molecular weight excluding hydrogens is 286 g/mol. The van der Waals surface area contributed by atoms with Crippen LogP contribution in [0.4, 0.5) is 0 Å². The largest absolute Gasteiger partial charge is 0.466 e. The van der Waals surface area contributed by atoms with E-state index in [-0.39, 0.29) is 5.97 Å². The molecule has 0 fully saturated rings. The fourth-order valence-electron chi connectivity index (χ4n) is 3.29. The molecule has 0 aliphatic rings. The average molecular weight is 303 g/mol. The van der Waals surface area contributed by atoms with Crippen LogP contribution in [0.1, 0.15) is 12.5 Å². The Hall–Kier alpha value is -2.81. The van der Waals surface area contributed by atoms with E-state index in [2.05, 4.69) is 35.3 Å². The van der Waals surface area contributed by atoms with Gasteiger partial charge in [0.05, 0.1) is 18.5 Å². The molecule has 0 amide bonds. The summed E-state index contributed by atoms with van der Waals surface area (Å²) in [5.74, 6) is -0.187. The van der Waals surface area contributed by atoms with Gasteiger partial charge in [0.25, 0.3) is 0 Å². The van der Waals surface area contributed by atoms with Crippen LogP contribution in [0.25, 0.3) is 32.6 Å². The van der Waals surface area contributed by atoms with E-state index in [1.165, 1.54) is 10.8 Å². The Morgan fingerprint density at radius 1 is 1.00 bits per heavy atom. The molecule has 0 saturated heterocycles. The molecule has 0 aliphatic heterocycles. The van der Waals surface area contributed by atoms with Crippen LogP contribution >= 0.6 is 0 Å². The Labute approximate surface area is 133 Å². The Balaban J connectivity index is 2.01. The summed E-state index contributed by atoms with van der Waals surface area (Å²) in [6.07, 6.45) is 0.291. The van der Waals surface area contributed by atoms with Crippen molar-refractivity contribution in [3.05, 3.63) is 60.2 Å². The van der Waals surface area contributed by atoms with Crippen LogP contribution in [0.15, 0.2) is 54.6 Å². The van der Waals surface area contributed by atoms with Crippen LogP contribution in [0.5, 0.6) is 0 Å². The third kappa shape index (κ3) is 2.25. The lowest BCUT2D eigenvalue weighted by Gasteiger charge is -2.08. The second-order valence-corrected chi connectivity index (χ2v) is 5.66. The number of ether oxygens (including phenoxy) is 1. The van der Waals surface area contributed by atoms with Gasteiger partial charge in [-0.1, -0.05) is 48.5 Å². The number of esters is 1. The summed E-state index contributed by atoms with van der Waals surface area (Å²) in [4.78, 5) is 15.4. The van der Waals surface area contributed by atoms with Gasteiger partial charge in [-0.15, -0.1) is 0 Å². The molecule has 114 valence electrons. The zero-order chi connectivity index (χ0) is 15.8. The highest BCUT2D eigenvalue weighted by Gasteiger charge is 2.13. The van der Waals surface area contributed by atoms with Crippen molar-refractivity contribution in [2.75, 3.05) is 6.61 Å². The molecule has 0 saturated carbocycles. The first-order valence-corrected chi connectivity index (χ1v) is 7.84. The average Bonchev–Trinajstić information content (AvgIpc) is 2.94. The number of hydrogen-bond acceptors (Lipinski definition) is 2. The third-order valence-corrected chi connectivity index (χ3v) is 4.25. The minimum Gasteiger partial charge on any atom is -0.466 e. The van der Waals surface area contributed by atoms with E-state index in [0.29, 0.717) is 13.0 Å². The quantitative estimate of drug-likeness (QED) is 0.563. The molecule has 23 heavy (non-hydrogen) atoms. The number of carbonyl (C=O) groups excluding carboxylic acids is 1. The summed E-state index contributed by atoms with van der Waals surface area (Å²) in [7, 11) is 0. The van der Waals surface area contributed by atoms with Gasteiger partial charge < -0.3 is 9.72 Å². The highest BCUT2D eigenvalue weighted by molar-refractivity contribution is 6.18. The fraction of sp³-hybridized carbons (Fsp3) is 0.150. The molecule has 3 nitrogen and oxygen atoms in total. The van der Waals surface area contributed by atoms with Crippen molar-refractivity contribution in [2.45, 2.75) is 13.3 Å². The monoisotopic (exact) mass is 303 g/mol. The van der Waals surface area contributed by atoms with Crippen LogP contribution in [-0.4, -0.2) is 17.6 Å². The Morgan fingerprint density at radius 3 is 2.74 bits per heavy atom. The van der Waals surface area contributed by atoms with Gasteiger partial charge in [0, 0.05) is 21.7 Å². The summed E-state index contributed by atoms with van der Waals surface area (Å²) in [6.45, 7) is 2.24. The molecule has 4 aromatic rings. The third-order valence-electron chi connectivity index (χ3n) is 4.25. The van der Waals surface area contributed by atoms with E-state index < -0.39 is 0 Å². The molecule has 0 bridgehead atoms. The van der Waals surface area contributed by atoms with E-state index in [1.54, 1.807) is 0 Å². The van der Waals surface area contributed by atoms with Crippen molar-refractivity contribution in [2.24, 2.45) is 0 Å². The van der Waals surface area contributed by atoms with Crippen molar-refractivity contribution in [1.82, 2.24) is 4.98 Å². The van der Waals surface area contributed by atoms with Gasteiger partial charge >= 0.3 is 5.97 Å². The van der Waals surface area contributed by atoms with Gasteiger partial charge in [-0.25, -0.2) is 0 Å². The summed E-state index contributed by atoms with van der Waals surface area (Å²) in [5.41, 5.74) is 3.20. The number of aromatic nitrogens is 1. The summed E-state index contributed by atoms with van der Waals surface area (Å²) in [5, 5.41) is 4.62. The second-order valence-electron chi connectivity index (χ2n) is 5.66. The Kier molecular flexibility index (Phi) is 3.27. The number of aromatic amines is 1. The standard InChI is InChI=1S/C20H17NO2/c1-2-23-18(22)12-14-7-5-6-13-10-11-16-15-8-3-4-9-17(15)21-20(16)19(13)14/h3-11,21H,2,12H2,1H3. The van der Waals surface area contributed by atoms with Crippen molar-refractivity contribution in [3.63, 3.8) is 0 Å². The van der Waals surface area contributed by atoms with Crippen molar-refractivity contribution < 1.29 is 9.53 Å². The highest BCUT2D eigenvalue weighted by atomic mass is 16.5. The zero-order valence-corrected chi connectivity index (χ0v) is 12.9. The molecule has 3 aromatic carbocycles. The van der Waals surface area contributed by atoms with Gasteiger partial charge in [0.15, 0.2) is 0 Å². The number of nitrogens with one attached hydrogen (secondary N) is 1. The first-order chi connectivity index (χ1) is 11.3. The summed E-state index contributed by atoms with van der Waals surface area (Å²) < 4.78 is 5.12. The van der Waals surface area contributed by atoms with Gasteiger partial charge in [0.1, 0.15) is 0 Å². The lowest BCUT2D eigenvalue weighted by atomic mass is 9.99. The van der Waals surface area contributed by atoms with E-state index in [1.807, 2.05) is 31.2 Å². The van der Waals surface area contributed by atoms with E-state index in [4.69, 9.17) is 4.74 Å². The normalized spacial score (nSPS) is 11.3. The first kappa shape index (κ1) is 13.8. The van der Waals surface area contributed by atoms with Crippen LogP contribution in [0.3, 0.4) is 0 Å². The maximum Gasteiger partial charge on any atom is 0.310 e. The molecule has 0 aliphatic carbocycles. The minimum absolute atomic E-state index is 0.187. The molecule has 0 spiro atoms. The number of rotatable bonds is 3. The predicted molar refractivity (Wildman–Crippen MR) is 93.6 cm³/mol. The number of H-pyrrole nitrogens is 1. The van der Waals surface area contributed by atoms with Crippen LogP contribution in [0, 0.1) is 0 Å². The Morgan fingerprint density at radius 2 is 1.87 bits per heavy atom. The molecule has 1 aromatic heterocycles. The van der Waals surface area contributed by atoms with Gasteiger partial charge in [-0.2, -0.15) is 0 Å². The lowest BCUT2D eigenvalue weighted by Crippen LogP contribution is -2.07. The van der Waals surface area contributed by atoms with Gasteiger partial charge in [0.2, 0.25) is 0 Å². The lowest BCUT2D eigenvalue weighted by molar-refractivity contribution is -0.142. The number of hydrogen-bond donors (Lipinski definition) is 1. The van der Waals surface area contributed by atoms with Crippen LogP contribution < -0.4 is 0 Å².